The minimum absolute atomic E-state index is 0.252. The zero-order valence-electron chi connectivity index (χ0n) is 11.4. The predicted molar refractivity (Wildman–Crippen MR) is 76.9 cm³/mol. The average Bonchev–Trinajstić information content (AvgIpc) is 2.39. The molecule has 2 unspecified atom stereocenters. The Hall–Kier alpha value is -1.55. The Morgan fingerprint density at radius 3 is 2.55 bits per heavy atom. The first kappa shape index (κ1) is 14.9. The number of aliphatic carboxylic acids is 1. The average molecular weight is 296 g/mol. The topological polar surface area (TPSA) is 66.4 Å². The van der Waals surface area contributed by atoms with Gasteiger partial charge in [-0.05, 0) is 44.0 Å². The van der Waals surface area contributed by atoms with Gasteiger partial charge in [-0.2, -0.15) is 0 Å². The highest BCUT2D eigenvalue weighted by Crippen LogP contribution is 2.34. The monoisotopic (exact) mass is 295 g/mol. The Kier molecular flexibility index (Phi) is 4.33. The van der Waals surface area contributed by atoms with Crippen molar-refractivity contribution in [1.29, 1.82) is 0 Å². The Morgan fingerprint density at radius 1 is 1.30 bits per heavy atom. The van der Waals surface area contributed by atoms with Gasteiger partial charge in [0.05, 0.1) is 11.5 Å². The van der Waals surface area contributed by atoms with Crippen molar-refractivity contribution in [1.82, 2.24) is 5.32 Å². The van der Waals surface area contributed by atoms with Crippen molar-refractivity contribution in [3.05, 3.63) is 34.9 Å². The van der Waals surface area contributed by atoms with E-state index in [9.17, 15) is 14.7 Å². The molecule has 2 N–H and O–H groups in total. The molecule has 1 amide bonds. The van der Waals surface area contributed by atoms with Crippen LogP contribution < -0.4 is 5.32 Å². The Balaban J connectivity index is 2.15. The normalized spacial score (nSPS) is 26.0. The lowest BCUT2D eigenvalue weighted by Crippen LogP contribution is -2.55. The Morgan fingerprint density at radius 2 is 1.95 bits per heavy atom. The van der Waals surface area contributed by atoms with Crippen molar-refractivity contribution < 1.29 is 14.7 Å². The molecule has 0 heterocycles. The van der Waals surface area contributed by atoms with Crippen LogP contribution in [0.1, 0.15) is 43.0 Å². The summed E-state index contributed by atoms with van der Waals surface area (Å²) in [4.78, 5) is 23.6. The lowest BCUT2D eigenvalue weighted by molar-refractivity contribution is -0.145. The SMILES string of the molecule is CC1(NC(=O)c2ccc(Cl)cc2)CCCCC1C(=O)O. The number of carbonyl (C=O) groups excluding carboxylic acids is 1. The molecule has 4 nitrogen and oxygen atoms in total. The number of hydrogen-bond acceptors (Lipinski definition) is 2. The summed E-state index contributed by atoms with van der Waals surface area (Å²) in [5.41, 5.74) is -0.203. The second kappa shape index (κ2) is 5.83. The molecule has 1 aliphatic carbocycles. The fraction of sp³-hybridized carbons (Fsp3) is 0.467. The van der Waals surface area contributed by atoms with E-state index in [4.69, 9.17) is 11.6 Å². The molecule has 108 valence electrons. The van der Waals surface area contributed by atoms with Crippen molar-refractivity contribution in [2.24, 2.45) is 5.92 Å². The van der Waals surface area contributed by atoms with Crippen molar-refractivity contribution in [3.8, 4) is 0 Å². The molecule has 2 atom stereocenters. The minimum atomic E-state index is -0.844. The van der Waals surface area contributed by atoms with Crippen LogP contribution in [0, 0.1) is 5.92 Å². The van der Waals surface area contributed by atoms with Crippen LogP contribution in [0.25, 0.3) is 0 Å². The van der Waals surface area contributed by atoms with Gasteiger partial charge in [-0.25, -0.2) is 0 Å². The smallest absolute Gasteiger partial charge is 0.308 e. The molecule has 5 heteroatoms. The molecular weight excluding hydrogens is 278 g/mol. The standard InChI is InChI=1S/C15H18ClNO3/c1-15(9-3-2-4-12(15)14(19)20)17-13(18)10-5-7-11(16)8-6-10/h5-8,12H,2-4,9H2,1H3,(H,17,18)(H,19,20). The van der Waals surface area contributed by atoms with Gasteiger partial charge in [0.15, 0.2) is 0 Å². The van der Waals surface area contributed by atoms with E-state index >= 15 is 0 Å². The Bertz CT molecular complexity index is 514. The lowest BCUT2D eigenvalue weighted by Gasteiger charge is -2.39. The van der Waals surface area contributed by atoms with E-state index in [1.54, 1.807) is 24.3 Å². The van der Waals surface area contributed by atoms with Crippen molar-refractivity contribution in [3.63, 3.8) is 0 Å². The fourth-order valence-corrected chi connectivity index (χ4v) is 2.94. The number of carbonyl (C=O) groups is 2. The van der Waals surface area contributed by atoms with E-state index < -0.39 is 17.4 Å². The molecular formula is C15H18ClNO3. The van der Waals surface area contributed by atoms with Gasteiger partial charge in [0.1, 0.15) is 0 Å². The molecule has 0 aromatic heterocycles. The summed E-state index contributed by atoms with van der Waals surface area (Å²) in [6.45, 7) is 1.82. The van der Waals surface area contributed by atoms with Gasteiger partial charge in [-0.1, -0.05) is 24.4 Å². The summed E-state index contributed by atoms with van der Waals surface area (Å²) < 4.78 is 0. The third-order valence-electron chi connectivity index (χ3n) is 4.01. The zero-order chi connectivity index (χ0) is 14.8. The highest BCUT2D eigenvalue weighted by Gasteiger charge is 2.42. The zero-order valence-corrected chi connectivity index (χ0v) is 12.1. The molecule has 1 saturated carbocycles. The summed E-state index contributed by atoms with van der Waals surface area (Å²) in [6, 6.07) is 6.57. The fourth-order valence-electron chi connectivity index (χ4n) is 2.81. The number of benzene rings is 1. The first-order valence-corrected chi connectivity index (χ1v) is 7.11. The maximum absolute atomic E-state index is 12.3. The van der Waals surface area contributed by atoms with Crippen molar-refractivity contribution >= 4 is 23.5 Å². The second-order valence-electron chi connectivity index (χ2n) is 5.52. The minimum Gasteiger partial charge on any atom is -0.481 e. The Labute approximate surface area is 123 Å². The van der Waals surface area contributed by atoms with Gasteiger partial charge in [0.25, 0.3) is 5.91 Å². The number of nitrogens with one attached hydrogen (secondary N) is 1. The molecule has 20 heavy (non-hydrogen) atoms. The molecule has 0 aliphatic heterocycles. The van der Waals surface area contributed by atoms with Crippen LogP contribution >= 0.6 is 11.6 Å². The van der Waals surface area contributed by atoms with Gasteiger partial charge >= 0.3 is 5.97 Å². The number of hydrogen-bond donors (Lipinski definition) is 2. The van der Waals surface area contributed by atoms with Crippen LogP contribution in [-0.4, -0.2) is 22.5 Å². The van der Waals surface area contributed by atoms with Crippen LogP contribution in [-0.2, 0) is 4.79 Å². The largest absolute Gasteiger partial charge is 0.481 e. The molecule has 1 aromatic rings. The van der Waals surface area contributed by atoms with Gasteiger partial charge in [0.2, 0.25) is 0 Å². The van der Waals surface area contributed by atoms with E-state index in [0.29, 0.717) is 23.4 Å². The molecule has 1 fully saturated rings. The summed E-state index contributed by atoms with van der Waals surface area (Å²) in [5.74, 6) is -1.63. The van der Waals surface area contributed by atoms with Gasteiger partial charge in [0, 0.05) is 10.6 Å². The van der Waals surface area contributed by atoms with Crippen LogP contribution in [0.15, 0.2) is 24.3 Å². The molecule has 2 rings (SSSR count). The van der Waals surface area contributed by atoms with E-state index in [-0.39, 0.29) is 5.91 Å². The number of halogens is 1. The molecule has 0 spiro atoms. The maximum Gasteiger partial charge on any atom is 0.308 e. The van der Waals surface area contributed by atoms with Crippen LogP contribution in [0.4, 0.5) is 0 Å². The number of rotatable bonds is 3. The van der Waals surface area contributed by atoms with E-state index in [1.165, 1.54) is 0 Å². The van der Waals surface area contributed by atoms with Gasteiger partial charge in [-0.3, -0.25) is 9.59 Å². The van der Waals surface area contributed by atoms with Gasteiger partial charge in [-0.15, -0.1) is 0 Å². The third kappa shape index (κ3) is 3.12. The molecule has 0 saturated heterocycles. The summed E-state index contributed by atoms with van der Waals surface area (Å²) in [6.07, 6.45) is 3.11. The molecule has 1 aromatic carbocycles. The van der Waals surface area contributed by atoms with Crippen LogP contribution in [0.5, 0.6) is 0 Å². The number of amides is 1. The highest BCUT2D eigenvalue weighted by molar-refractivity contribution is 6.30. The van der Waals surface area contributed by atoms with Crippen LogP contribution in [0.3, 0.4) is 0 Å². The summed E-state index contributed by atoms with van der Waals surface area (Å²) in [7, 11) is 0. The van der Waals surface area contributed by atoms with E-state index in [1.807, 2.05) is 6.92 Å². The number of carboxylic acids is 1. The van der Waals surface area contributed by atoms with Crippen LogP contribution in [0.2, 0.25) is 5.02 Å². The lowest BCUT2D eigenvalue weighted by atomic mass is 9.73. The first-order chi connectivity index (χ1) is 9.42. The van der Waals surface area contributed by atoms with E-state index in [2.05, 4.69) is 5.32 Å². The molecule has 0 radical (unpaired) electrons. The third-order valence-corrected chi connectivity index (χ3v) is 4.26. The quantitative estimate of drug-likeness (QED) is 0.900. The summed E-state index contributed by atoms with van der Waals surface area (Å²) >= 11 is 5.79. The van der Waals surface area contributed by atoms with Gasteiger partial charge < -0.3 is 10.4 Å². The second-order valence-corrected chi connectivity index (χ2v) is 5.95. The van der Waals surface area contributed by atoms with E-state index in [0.717, 1.165) is 12.8 Å². The van der Waals surface area contributed by atoms with Crippen molar-refractivity contribution in [2.75, 3.05) is 0 Å². The number of carboxylic acid groups (broad SMARTS) is 1. The first-order valence-electron chi connectivity index (χ1n) is 6.73. The molecule has 1 aliphatic rings. The molecule has 0 bridgehead atoms. The van der Waals surface area contributed by atoms with Crippen molar-refractivity contribution in [2.45, 2.75) is 38.1 Å². The highest BCUT2D eigenvalue weighted by atomic mass is 35.5. The summed E-state index contributed by atoms with van der Waals surface area (Å²) in [5, 5.41) is 12.8. The predicted octanol–water partition coefficient (Wildman–Crippen LogP) is 3.10. The maximum atomic E-state index is 12.3.